The Hall–Kier alpha value is -2.39. The number of nitrogens with one attached hydrogen (secondary N) is 1. The van der Waals surface area contributed by atoms with E-state index in [9.17, 15) is 9.59 Å². The van der Waals surface area contributed by atoms with E-state index in [1.165, 1.54) is 6.92 Å². The highest BCUT2D eigenvalue weighted by molar-refractivity contribution is 5.91. The van der Waals surface area contributed by atoms with Gasteiger partial charge in [-0.15, -0.1) is 0 Å². The van der Waals surface area contributed by atoms with Crippen molar-refractivity contribution >= 4 is 17.5 Å². The van der Waals surface area contributed by atoms with Crippen LogP contribution in [0.4, 0.5) is 5.69 Å². The Balaban J connectivity index is 1.83. The van der Waals surface area contributed by atoms with Gasteiger partial charge in [0.05, 0.1) is 17.7 Å². The van der Waals surface area contributed by atoms with E-state index in [0.29, 0.717) is 24.3 Å². The van der Waals surface area contributed by atoms with Gasteiger partial charge in [0.15, 0.2) is 0 Å². The highest BCUT2D eigenvalue weighted by Gasteiger charge is 2.21. The molecule has 2 rings (SSSR count). The van der Waals surface area contributed by atoms with Crippen LogP contribution in [-0.2, 0) is 14.3 Å². The van der Waals surface area contributed by atoms with Crippen LogP contribution in [0.5, 0.6) is 0 Å². The minimum Gasteiger partial charge on any atom is -0.376 e. The summed E-state index contributed by atoms with van der Waals surface area (Å²) in [5.41, 5.74) is 1.08. The molecule has 0 aromatic heterocycles. The van der Waals surface area contributed by atoms with Crippen LogP contribution in [0.25, 0.3) is 0 Å². The fourth-order valence-electron chi connectivity index (χ4n) is 2.54. The van der Waals surface area contributed by atoms with Gasteiger partial charge in [0, 0.05) is 38.7 Å². The summed E-state index contributed by atoms with van der Waals surface area (Å²) in [6.07, 6.45) is 2.26. The molecule has 23 heavy (non-hydrogen) atoms. The molecule has 0 spiro atoms. The molecule has 1 aromatic carbocycles. The summed E-state index contributed by atoms with van der Waals surface area (Å²) >= 11 is 0. The van der Waals surface area contributed by atoms with E-state index in [0.717, 1.165) is 19.4 Å². The van der Waals surface area contributed by atoms with E-state index in [1.54, 1.807) is 29.2 Å². The number of hydrogen-bond donors (Lipinski definition) is 1. The molecule has 6 nitrogen and oxygen atoms in total. The third kappa shape index (κ3) is 5.38. The van der Waals surface area contributed by atoms with Crippen molar-refractivity contribution in [3.63, 3.8) is 0 Å². The molecule has 0 aliphatic carbocycles. The van der Waals surface area contributed by atoms with Crippen LogP contribution in [0.1, 0.15) is 31.7 Å². The van der Waals surface area contributed by atoms with Crippen LogP contribution < -0.4 is 5.32 Å². The molecule has 1 aliphatic heterocycles. The molecule has 1 aromatic rings. The first-order valence-corrected chi connectivity index (χ1v) is 7.75. The third-order valence-electron chi connectivity index (χ3n) is 3.78. The number of nitriles is 1. The Morgan fingerprint density at radius 3 is 2.96 bits per heavy atom. The summed E-state index contributed by atoms with van der Waals surface area (Å²) in [4.78, 5) is 25.4. The number of carbonyl (C=O) groups excluding carboxylic acids is 2. The second kappa shape index (κ2) is 8.30. The van der Waals surface area contributed by atoms with Crippen molar-refractivity contribution in [3.8, 4) is 6.07 Å². The number of anilines is 1. The molecular formula is C17H21N3O3. The number of hydrogen-bond acceptors (Lipinski definition) is 4. The molecule has 1 atom stereocenters. The van der Waals surface area contributed by atoms with Gasteiger partial charge in [-0.05, 0) is 31.0 Å². The first kappa shape index (κ1) is 17.0. The van der Waals surface area contributed by atoms with Crippen molar-refractivity contribution in [2.45, 2.75) is 32.3 Å². The lowest BCUT2D eigenvalue weighted by Crippen LogP contribution is -2.37. The summed E-state index contributed by atoms with van der Waals surface area (Å²) in [6.45, 7) is 3.14. The lowest BCUT2D eigenvalue weighted by Gasteiger charge is -2.23. The molecule has 122 valence electrons. The van der Waals surface area contributed by atoms with Crippen LogP contribution in [0.2, 0.25) is 0 Å². The summed E-state index contributed by atoms with van der Waals surface area (Å²) in [7, 11) is 0. The zero-order chi connectivity index (χ0) is 16.7. The minimum absolute atomic E-state index is 0.0558. The van der Waals surface area contributed by atoms with Crippen LogP contribution >= 0.6 is 0 Å². The molecule has 0 bridgehead atoms. The predicted molar refractivity (Wildman–Crippen MR) is 85.6 cm³/mol. The van der Waals surface area contributed by atoms with Gasteiger partial charge < -0.3 is 15.0 Å². The summed E-state index contributed by atoms with van der Waals surface area (Å²) < 4.78 is 5.54. The number of rotatable bonds is 6. The Kier molecular flexibility index (Phi) is 6.12. The van der Waals surface area contributed by atoms with E-state index in [4.69, 9.17) is 10.00 Å². The third-order valence-corrected chi connectivity index (χ3v) is 3.78. The van der Waals surface area contributed by atoms with Gasteiger partial charge >= 0.3 is 0 Å². The zero-order valence-electron chi connectivity index (χ0n) is 13.2. The van der Waals surface area contributed by atoms with E-state index < -0.39 is 0 Å². The quantitative estimate of drug-likeness (QED) is 0.869. The topological polar surface area (TPSA) is 82.4 Å². The van der Waals surface area contributed by atoms with E-state index in [-0.39, 0.29) is 24.3 Å². The van der Waals surface area contributed by atoms with E-state index in [2.05, 4.69) is 5.32 Å². The first-order valence-electron chi connectivity index (χ1n) is 7.75. The van der Waals surface area contributed by atoms with Crippen molar-refractivity contribution in [2.24, 2.45) is 0 Å². The maximum Gasteiger partial charge on any atom is 0.226 e. The Morgan fingerprint density at radius 2 is 2.30 bits per heavy atom. The number of benzene rings is 1. The highest BCUT2D eigenvalue weighted by Crippen LogP contribution is 2.14. The Morgan fingerprint density at radius 1 is 1.48 bits per heavy atom. The van der Waals surface area contributed by atoms with Crippen molar-refractivity contribution in [1.82, 2.24) is 4.90 Å². The van der Waals surface area contributed by atoms with Crippen molar-refractivity contribution < 1.29 is 14.3 Å². The summed E-state index contributed by atoms with van der Waals surface area (Å²) in [5.74, 6) is -0.238. The molecule has 0 radical (unpaired) electrons. The highest BCUT2D eigenvalue weighted by atomic mass is 16.5. The summed E-state index contributed by atoms with van der Waals surface area (Å²) in [6, 6.07) is 8.77. The largest absolute Gasteiger partial charge is 0.376 e. The normalized spacial score (nSPS) is 16.6. The lowest BCUT2D eigenvalue weighted by atomic mass is 10.2. The first-order chi connectivity index (χ1) is 11.1. The molecule has 1 N–H and O–H groups in total. The minimum atomic E-state index is -0.182. The number of amides is 2. The van der Waals surface area contributed by atoms with Gasteiger partial charge in [0.25, 0.3) is 0 Å². The number of carbonyl (C=O) groups is 2. The average molecular weight is 315 g/mol. The Bertz CT molecular complexity index is 603. The van der Waals surface area contributed by atoms with Crippen LogP contribution in [0.15, 0.2) is 24.3 Å². The smallest absolute Gasteiger partial charge is 0.226 e. The molecule has 6 heteroatoms. The SMILES string of the molecule is CC(=O)N(CCC(=O)Nc1cccc(C#N)c1)CC1CCCO1. The standard InChI is InChI=1S/C17H21N3O3/c1-13(21)20(12-16-6-3-9-23-16)8-7-17(22)19-15-5-2-4-14(10-15)11-18/h2,4-5,10,16H,3,6-9,12H2,1H3,(H,19,22). The molecule has 1 heterocycles. The fraction of sp³-hybridized carbons (Fsp3) is 0.471. The average Bonchev–Trinajstić information content (AvgIpc) is 3.04. The second-order valence-electron chi connectivity index (χ2n) is 5.59. The fourth-order valence-corrected chi connectivity index (χ4v) is 2.54. The van der Waals surface area contributed by atoms with Crippen molar-refractivity contribution in [3.05, 3.63) is 29.8 Å². The molecule has 1 unspecified atom stereocenters. The monoisotopic (exact) mass is 315 g/mol. The van der Waals surface area contributed by atoms with E-state index >= 15 is 0 Å². The van der Waals surface area contributed by atoms with Gasteiger partial charge in [-0.2, -0.15) is 5.26 Å². The van der Waals surface area contributed by atoms with Gasteiger partial charge in [-0.25, -0.2) is 0 Å². The summed E-state index contributed by atoms with van der Waals surface area (Å²) in [5, 5.41) is 11.6. The van der Waals surface area contributed by atoms with Gasteiger partial charge in [0.2, 0.25) is 11.8 Å². The van der Waals surface area contributed by atoms with Crippen molar-refractivity contribution in [2.75, 3.05) is 25.0 Å². The maximum absolute atomic E-state index is 12.0. The van der Waals surface area contributed by atoms with Gasteiger partial charge in [-0.1, -0.05) is 6.07 Å². The van der Waals surface area contributed by atoms with Gasteiger partial charge in [-0.3, -0.25) is 9.59 Å². The van der Waals surface area contributed by atoms with Gasteiger partial charge in [0.1, 0.15) is 0 Å². The van der Waals surface area contributed by atoms with E-state index in [1.807, 2.05) is 6.07 Å². The molecule has 2 amide bonds. The van der Waals surface area contributed by atoms with Crippen LogP contribution in [0, 0.1) is 11.3 Å². The molecule has 0 saturated carbocycles. The maximum atomic E-state index is 12.0. The molecular weight excluding hydrogens is 294 g/mol. The number of ether oxygens (including phenoxy) is 1. The lowest BCUT2D eigenvalue weighted by molar-refractivity contribution is -0.130. The molecule has 1 aliphatic rings. The van der Waals surface area contributed by atoms with Crippen molar-refractivity contribution in [1.29, 1.82) is 5.26 Å². The second-order valence-corrected chi connectivity index (χ2v) is 5.59. The predicted octanol–water partition coefficient (Wildman–Crippen LogP) is 1.91. The zero-order valence-corrected chi connectivity index (χ0v) is 13.2. The molecule has 1 saturated heterocycles. The van der Waals surface area contributed by atoms with Crippen LogP contribution in [-0.4, -0.2) is 42.5 Å². The Labute approximate surface area is 136 Å². The number of nitrogens with zero attached hydrogens (tertiary/aromatic N) is 2. The van der Waals surface area contributed by atoms with Crippen LogP contribution in [0.3, 0.4) is 0 Å². The molecule has 1 fully saturated rings.